The molecule has 3 atom stereocenters. The average Bonchev–Trinajstić information content (AvgIpc) is 2.48. The Kier molecular flexibility index (Phi) is 5.31. The summed E-state index contributed by atoms with van der Waals surface area (Å²) in [7, 11) is 4.40. The van der Waals surface area contributed by atoms with Crippen molar-refractivity contribution in [2.45, 2.75) is 44.3 Å². The van der Waals surface area contributed by atoms with E-state index in [2.05, 4.69) is 49.9 Å². The van der Waals surface area contributed by atoms with Crippen LogP contribution in [0.25, 0.3) is 0 Å². The Balaban J connectivity index is 2.21. The Labute approximate surface area is 134 Å². The van der Waals surface area contributed by atoms with E-state index in [-0.39, 0.29) is 5.54 Å². The standard InChI is InChI=1S/C17H28ClN3/c1-13-11-17(12-19,8-9-20(13)3)21(4)14(2)15-6-5-7-16(18)10-15/h5-7,10,13-14H,8-9,11-12,19H2,1-4H3. The number of piperidine rings is 1. The number of likely N-dealkylation sites (tertiary alicyclic amines) is 1. The van der Waals surface area contributed by atoms with Gasteiger partial charge in [0.2, 0.25) is 0 Å². The van der Waals surface area contributed by atoms with Gasteiger partial charge in [-0.2, -0.15) is 0 Å². The molecule has 3 nitrogen and oxygen atoms in total. The van der Waals surface area contributed by atoms with Gasteiger partial charge in [-0.25, -0.2) is 0 Å². The van der Waals surface area contributed by atoms with Crippen molar-refractivity contribution < 1.29 is 0 Å². The first-order valence-corrected chi connectivity index (χ1v) is 8.16. The van der Waals surface area contributed by atoms with E-state index >= 15 is 0 Å². The Hall–Kier alpha value is -0.610. The molecule has 0 amide bonds. The van der Waals surface area contributed by atoms with Crippen LogP contribution in [0.5, 0.6) is 0 Å². The maximum atomic E-state index is 6.21. The minimum absolute atomic E-state index is 0.0770. The second-order valence-corrected chi connectivity index (χ2v) is 6.99. The maximum Gasteiger partial charge on any atom is 0.0409 e. The lowest BCUT2D eigenvalue weighted by Crippen LogP contribution is -2.60. The van der Waals surface area contributed by atoms with Crippen molar-refractivity contribution >= 4 is 11.6 Å². The van der Waals surface area contributed by atoms with Crippen molar-refractivity contribution in [2.24, 2.45) is 5.73 Å². The van der Waals surface area contributed by atoms with Crippen molar-refractivity contribution in [2.75, 3.05) is 27.2 Å². The van der Waals surface area contributed by atoms with E-state index in [0.29, 0.717) is 18.6 Å². The van der Waals surface area contributed by atoms with Crippen molar-refractivity contribution in [3.05, 3.63) is 34.9 Å². The normalized spacial score (nSPS) is 28.8. The third-order valence-electron chi connectivity index (χ3n) is 5.40. The zero-order chi connectivity index (χ0) is 15.6. The quantitative estimate of drug-likeness (QED) is 0.927. The van der Waals surface area contributed by atoms with E-state index in [9.17, 15) is 0 Å². The van der Waals surface area contributed by atoms with E-state index < -0.39 is 0 Å². The monoisotopic (exact) mass is 309 g/mol. The molecule has 4 heteroatoms. The third-order valence-corrected chi connectivity index (χ3v) is 5.63. The Bertz CT molecular complexity index is 479. The van der Waals surface area contributed by atoms with Crippen molar-refractivity contribution in [1.82, 2.24) is 9.80 Å². The molecule has 1 aliphatic heterocycles. The van der Waals surface area contributed by atoms with Crippen molar-refractivity contribution in [1.29, 1.82) is 0 Å². The predicted molar refractivity (Wildman–Crippen MR) is 90.7 cm³/mol. The lowest BCUT2D eigenvalue weighted by Gasteiger charge is -2.51. The van der Waals surface area contributed by atoms with Gasteiger partial charge in [-0.3, -0.25) is 4.90 Å². The molecule has 1 saturated heterocycles. The SMILES string of the molecule is CC1CC(CN)(N(C)C(C)c2cccc(Cl)c2)CCN1C. The van der Waals surface area contributed by atoms with E-state index in [0.717, 1.165) is 24.4 Å². The molecular weight excluding hydrogens is 282 g/mol. The van der Waals surface area contributed by atoms with E-state index in [1.807, 2.05) is 12.1 Å². The molecule has 2 rings (SSSR count). The topological polar surface area (TPSA) is 32.5 Å². The summed E-state index contributed by atoms with van der Waals surface area (Å²) in [5, 5.41) is 0.797. The third kappa shape index (κ3) is 3.42. The molecule has 0 aliphatic carbocycles. The Morgan fingerprint density at radius 1 is 1.52 bits per heavy atom. The smallest absolute Gasteiger partial charge is 0.0409 e. The Morgan fingerprint density at radius 3 is 2.81 bits per heavy atom. The summed E-state index contributed by atoms with van der Waals surface area (Å²) < 4.78 is 0. The molecule has 0 spiro atoms. The zero-order valence-corrected chi connectivity index (χ0v) is 14.4. The molecule has 1 aromatic carbocycles. The van der Waals surface area contributed by atoms with Crippen LogP contribution in [-0.4, -0.2) is 48.6 Å². The van der Waals surface area contributed by atoms with Gasteiger partial charge in [0.1, 0.15) is 0 Å². The van der Waals surface area contributed by atoms with Gasteiger partial charge in [0.15, 0.2) is 0 Å². The summed E-state index contributed by atoms with van der Waals surface area (Å²) in [5.41, 5.74) is 7.54. The summed E-state index contributed by atoms with van der Waals surface area (Å²) in [4.78, 5) is 4.88. The molecule has 1 heterocycles. The summed E-state index contributed by atoms with van der Waals surface area (Å²) in [6, 6.07) is 9.03. The van der Waals surface area contributed by atoms with E-state index in [1.54, 1.807) is 0 Å². The molecule has 1 fully saturated rings. The summed E-state index contributed by atoms with van der Waals surface area (Å²) in [6.07, 6.45) is 2.23. The van der Waals surface area contributed by atoms with Gasteiger partial charge in [-0.05, 0) is 65.0 Å². The first kappa shape index (κ1) is 16.8. The second-order valence-electron chi connectivity index (χ2n) is 6.55. The Morgan fingerprint density at radius 2 is 2.24 bits per heavy atom. The van der Waals surface area contributed by atoms with Gasteiger partial charge in [0, 0.05) is 29.2 Å². The second kappa shape index (κ2) is 6.66. The molecule has 0 radical (unpaired) electrons. The number of likely N-dealkylation sites (N-methyl/N-ethyl adjacent to an activating group) is 1. The van der Waals surface area contributed by atoms with Crippen LogP contribution in [0.15, 0.2) is 24.3 Å². The average molecular weight is 310 g/mol. The molecule has 0 aromatic heterocycles. The van der Waals surface area contributed by atoms with Gasteiger partial charge >= 0.3 is 0 Å². The van der Waals surface area contributed by atoms with Crippen molar-refractivity contribution in [3.8, 4) is 0 Å². The number of nitrogens with two attached hydrogens (primary N) is 1. The highest BCUT2D eigenvalue weighted by molar-refractivity contribution is 6.30. The maximum absolute atomic E-state index is 6.21. The molecule has 1 aliphatic rings. The van der Waals surface area contributed by atoms with Crippen LogP contribution < -0.4 is 5.73 Å². The van der Waals surface area contributed by atoms with E-state index in [4.69, 9.17) is 17.3 Å². The number of hydrogen-bond acceptors (Lipinski definition) is 3. The highest BCUT2D eigenvalue weighted by atomic mass is 35.5. The van der Waals surface area contributed by atoms with Crippen molar-refractivity contribution in [3.63, 3.8) is 0 Å². The lowest BCUT2D eigenvalue weighted by molar-refractivity contribution is 0.00479. The van der Waals surface area contributed by atoms with Gasteiger partial charge in [0.25, 0.3) is 0 Å². The van der Waals surface area contributed by atoms with Crippen LogP contribution in [0.2, 0.25) is 5.02 Å². The number of benzene rings is 1. The van der Waals surface area contributed by atoms with Crippen LogP contribution in [-0.2, 0) is 0 Å². The van der Waals surface area contributed by atoms with Crippen LogP contribution in [0.1, 0.15) is 38.3 Å². The minimum Gasteiger partial charge on any atom is -0.329 e. The van der Waals surface area contributed by atoms with E-state index in [1.165, 1.54) is 5.56 Å². The largest absolute Gasteiger partial charge is 0.329 e. The lowest BCUT2D eigenvalue weighted by atomic mass is 9.81. The summed E-state index contributed by atoms with van der Waals surface area (Å²) >= 11 is 6.14. The van der Waals surface area contributed by atoms with Crippen LogP contribution in [0.3, 0.4) is 0 Å². The molecule has 0 bridgehead atoms. The molecule has 21 heavy (non-hydrogen) atoms. The highest BCUT2D eigenvalue weighted by Gasteiger charge is 2.41. The zero-order valence-electron chi connectivity index (χ0n) is 13.6. The summed E-state index contributed by atoms with van der Waals surface area (Å²) in [5.74, 6) is 0. The van der Waals surface area contributed by atoms with Crippen LogP contribution >= 0.6 is 11.6 Å². The first-order valence-electron chi connectivity index (χ1n) is 7.78. The van der Waals surface area contributed by atoms with Gasteiger partial charge < -0.3 is 10.6 Å². The number of halogens is 1. The van der Waals surface area contributed by atoms with Gasteiger partial charge in [-0.1, -0.05) is 23.7 Å². The van der Waals surface area contributed by atoms with Gasteiger partial charge in [-0.15, -0.1) is 0 Å². The van der Waals surface area contributed by atoms with Crippen LogP contribution in [0, 0.1) is 0 Å². The number of nitrogens with zero attached hydrogens (tertiary/aromatic N) is 2. The fourth-order valence-electron chi connectivity index (χ4n) is 3.46. The molecule has 3 unspecified atom stereocenters. The molecule has 118 valence electrons. The number of rotatable bonds is 4. The summed E-state index contributed by atoms with van der Waals surface area (Å²) in [6.45, 7) is 6.34. The predicted octanol–water partition coefficient (Wildman–Crippen LogP) is 3.14. The molecule has 2 N–H and O–H groups in total. The first-order chi connectivity index (χ1) is 9.89. The molecule has 0 saturated carbocycles. The van der Waals surface area contributed by atoms with Gasteiger partial charge in [0.05, 0.1) is 0 Å². The van der Waals surface area contributed by atoms with Crippen LogP contribution in [0.4, 0.5) is 0 Å². The fraction of sp³-hybridized carbons (Fsp3) is 0.647. The highest BCUT2D eigenvalue weighted by Crippen LogP contribution is 2.36. The molecule has 1 aromatic rings. The molecular formula is C17H28ClN3. The minimum atomic E-state index is 0.0770. The fourth-order valence-corrected chi connectivity index (χ4v) is 3.66. The number of hydrogen-bond donors (Lipinski definition) is 1.